The Balaban J connectivity index is 1.21. The van der Waals surface area contributed by atoms with E-state index < -0.39 is 0 Å². The first-order valence-electron chi connectivity index (χ1n) is 11.3. The van der Waals surface area contributed by atoms with E-state index in [2.05, 4.69) is 15.3 Å². The summed E-state index contributed by atoms with van der Waals surface area (Å²) in [4.78, 5) is 34.5. The number of likely N-dealkylation sites (tertiary alicyclic amines) is 1. The van der Waals surface area contributed by atoms with Crippen molar-refractivity contribution in [2.75, 3.05) is 32.8 Å². The van der Waals surface area contributed by atoms with Gasteiger partial charge in [0.05, 0.1) is 11.0 Å². The van der Waals surface area contributed by atoms with Crippen LogP contribution >= 0.6 is 0 Å². The van der Waals surface area contributed by atoms with Crippen LogP contribution in [0.4, 0.5) is 4.39 Å². The molecule has 8 heteroatoms. The number of nitrogens with one attached hydrogen (secondary N) is 2. The Labute approximate surface area is 181 Å². The minimum Gasteiger partial charge on any atom is -0.381 e. The van der Waals surface area contributed by atoms with Crippen molar-refractivity contribution in [2.45, 2.75) is 44.9 Å². The molecule has 2 saturated heterocycles. The average molecular weight is 431 g/mol. The van der Waals surface area contributed by atoms with Crippen LogP contribution in [-0.2, 0) is 20.7 Å². The summed E-state index contributed by atoms with van der Waals surface area (Å²) in [5.74, 6) is 1.27. The van der Waals surface area contributed by atoms with Gasteiger partial charge in [-0.2, -0.15) is 0 Å². The van der Waals surface area contributed by atoms with Gasteiger partial charge in [0.1, 0.15) is 11.6 Å². The molecule has 0 saturated carbocycles. The fourth-order valence-electron chi connectivity index (χ4n) is 4.54. The number of carbonyl (C=O) groups is 2. The normalized spacial score (nSPS) is 20.2. The number of aromatic amines is 1. The van der Waals surface area contributed by atoms with E-state index in [1.165, 1.54) is 12.1 Å². The number of hydrogen-bond donors (Lipinski definition) is 2. The van der Waals surface area contributed by atoms with Crippen LogP contribution in [0.2, 0.25) is 0 Å². The standard InChI is InChI=1S/C23H31FN4O3/c24-18-3-4-19-20(13-18)27-21(26-19)5-6-23(30)28-9-1-2-17(15-28)12-22(29)25-14-16-7-10-31-11-8-16/h3-4,13,16-17H,1-2,5-12,14-15H2,(H,25,29)(H,26,27)/t17-/m1/s1. The van der Waals surface area contributed by atoms with Crippen LogP contribution in [0.15, 0.2) is 18.2 Å². The summed E-state index contributed by atoms with van der Waals surface area (Å²) >= 11 is 0. The molecule has 3 heterocycles. The van der Waals surface area contributed by atoms with Gasteiger partial charge < -0.3 is 19.9 Å². The molecule has 1 aromatic carbocycles. The molecule has 2 aliphatic heterocycles. The number of nitrogens with zero attached hydrogens (tertiary/aromatic N) is 2. The Morgan fingerprint density at radius 2 is 2.06 bits per heavy atom. The number of halogens is 1. The number of ether oxygens (including phenoxy) is 1. The zero-order valence-corrected chi connectivity index (χ0v) is 17.9. The number of piperidine rings is 1. The van der Waals surface area contributed by atoms with Crippen LogP contribution in [0, 0.1) is 17.7 Å². The minimum absolute atomic E-state index is 0.0824. The van der Waals surface area contributed by atoms with E-state index in [9.17, 15) is 14.0 Å². The highest BCUT2D eigenvalue weighted by molar-refractivity contribution is 5.78. The van der Waals surface area contributed by atoms with Gasteiger partial charge in [-0.15, -0.1) is 0 Å². The van der Waals surface area contributed by atoms with Crippen LogP contribution in [0.25, 0.3) is 11.0 Å². The molecule has 2 aliphatic rings. The lowest BCUT2D eigenvalue weighted by atomic mass is 9.93. The minimum atomic E-state index is -0.310. The maximum Gasteiger partial charge on any atom is 0.223 e. The SMILES string of the molecule is O=C(C[C@H]1CCCN(C(=O)CCc2nc3ccc(F)cc3[nH]2)C1)NCC1CCOCC1. The molecule has 1 atom stereocenters. The van der Waals surface area contributed by atoms with Crippen molar-refractivity contribution in [3.63, 3.8) is 0 Å². The van der Waals surface area contributed by atoms with E-state index in [1.54, 1.807) is 6.07 Å². The molecule has 2 amide bonds. The summed E-state index contributed by atoms with van der Waals surface area (Å²) < 4.78 is 18.7. The molecule has 0 aliphatic carbocycles. The van der Waals surface area contributed by atoms with Crippen LogP contribution in [0.5, 0.6) is 0 Å². The van der Waals surface area contributed by atoms with Gasteiger partial charge in [0, 0.05) is 52.1 Å². The topological polar surface area (TPSA) is 87.3 Å². The summed E-state index contributed by atoms with van der Waals surface area (Å²) in [5.41, 5.74) is 1.35. The van der Waals surface area contributed by atoms with E-state index >= 15 is 0 Å². The monoisotopic (exact) mass is 430 g/mol. The second kappa shape index (κ2) is 10.2. The van der Waals surface area contributed by atoms with E-state index in [1.807, 2.05) is 4.90 Å². The number of fused-ring (bicyclic) bond motifs is 1. The van der Waals surface area contributed by atoms with Gasteiger partial charge in [-0.1, -0.05) is 0 Å². The lowest BCUT2D eigenvalue weighted by Gasteiger charge is -2.32. The number of aromatic nitrogens is 2. The Kier molecular flexibility index (Phi) is 7.17. The third-order valence-corrected chi connectivity index (χ3v) is 6.34. The maximum atomic E-state index is 13.3. The fraction of sp³-hybridized carbons (Fsp3) is 0.609. The number of imidazole rings is 1. The highest BCUT2D eigenvalue weighted by atomic mass is 19.1. The third kappa shape index (κ3) is 6.03. The zero-order valence-electron chi connectivity index (χ0n) is 17.9. The first kappa shape index (κ1) is 21.7. The number of amides is 2. The van der Waals surface area contributed by atoms with Crippen LogP contribution in [0.1, 0.15) is 44.3 Å². The molecule has 31 heavy (non-hydrogen) atoms. The maximum absolute atomic E-state index is 13.3. The summed E-state index contributed by atoms with van der Waals surface area (Å²) in [6, 6.07) is 4.43. The number of carbonyl (C=O) groups excluding carboxylic acids is 2. The van der Waals surface area contributed by atoms with Crippen molar-refractivity contribution in [1.29, 1.82) is 0 Å². The van der Waals surface area contributed by atoms with Crippen molar-refractivity contribution in [3.8, 4) is 0 Å². The summed E-state index contributed by atoms with van der Waals surface area (Å²) in [5, 5.41) is 3.07. The summed E-state index contributed by atoms with van der Waals surface area (Å²) in [6.45, 7) is 3.66. The molecule has 0 spiro atoms. The van der Waals surface area contributed by atoms with Gasteiger partial charge in [0.25, 0.3) is 0 Å². The van der Waals surface area contributed by atoms with Gasteiger partial charge in [-0.25, -0.2) is 9.37 Å². The lowest BCUT2D eigenvalue weighted by Crippen LogP contribution is -2.42. The number of benzene rings is 1. The summed E-state index contributed by atoms with van der Waals surface area (Å²) in [6.07, 6.45) is 5.23. The molecule has 2 aromatic rings. The molecule has 4 rings (SSSR count). The Hall–Kier alpha value is -2.48. The first-order chi connectivity index (χ1) is 15.1. The number of rotatable bonds is 7. The Morgan fingerprint density at radius 3 is 2.90 bits per heavy atom. The molecule has 0 unspecified atom stereocenters. The molecule has 2 N–H and O–H groups in total. The van der Waals surface area contributed by atoms with Gasteiger partial charge in [0.2, 0.25) is 11.8 Å². The molecule has 0 radical (unpaired) electrons. The van der Waals surface area contributed by atoms with Crippen LogP contribution < -0.4 is 5.32 Å². The van der Waals surface area contributed by atoms with E-state index in [-0.39, 0.29) is 23.5 Å². The summed E-state index contributed by atoms with van der Waals surface area (Å²) in [7, 11) is 0. The zero-order chi connectivity index (χ0) is 21.6. The Bertz CT molecular complexity index is 909. The Morgan fingerprint density at radius 1 is 1.23 bits per heavy atom. The largest absolute Gasteiger partial charge is 0.381 e. The highest BCUT2D eigenvalue weighted by Gasteiger charge is 2.25. The van der Waals surface area contributed by atoms with E-state index in [4.69, 9.17) is 4.74 Å². The predicted molar refractivity (Wildman–Crippen MR) is 115 cm³/mol. The third-order valence-electron chi connectivity index (χ3n) is 6.34. The number of hydrogen-bond acceptors (Lipinski definition) is 4. The lowest BCUT2D eigenvalue weighted by molar-refractivity contribution is -0.134. The van der Waals surface area contributed by atoms with Gasteiger partial charge in [-0.05, 0) is 55.7 Å². The predicted octanol–water partition coefficient (Wildman–Crippen LogP) is 2.81. The molecule has 7 nitrogen and oxygen atoms in total. The van der Waals surface area contributed by atoms with Gasteiger partial charge >= 0.3 is 0 Å². The van der Waals surface area contributed by atoms with Crippen molar-refractivity contribution in [1.82, 2.24) is 20.2 Å². The van der Waals surface area contributed by atoms with Crippen molar-refractivity contribution < 1.29 is 18.7 Å². The fourth-order valence-corrected chi connectivity index (χ4v) is 4.54. The second-order valence-corrected chi connectivity index (χ2v) is 8.76. The molecule has 2 fully saturated rings. The smallest absolute Gasteiger partial charge is 0.223 e. The number of aryl methyl sites for hydroxylation is 1. The highest BCUT2D eigenvalue weighted by Crippen LogP contribution is 2.21. The molecular formula is C23H31FN4O3. The van der Waals surface area contributed by atoms with Crippen molar-refractivity contribution in [2.24, 2.45) is 11.8 Å². The first-order valence-corrected chi connectivity index (χ1v) is 11.3. The van der Waals surface area contributed by atoms with Crippen LogP contribution in [0.3, 0.4) is 0 Å². The van der Waals surface area contributed by atoms with E-state index in [0.29, 0.717) is 48.6 Å². The molecular weight excluding hydrogens is 399 g/mol. The molecule has 168 valence electrons. The van der Waals surface area contributed by atoms with Crippen LogP contribution in [-0.4, -0.2) is 59.5 Å². The van der Waals surface area contributed by atoms with E-state index in [0.717, 1.165) is 52.0 Å². The van der Waals surface area contributed by atoms with Gasteiger partial charge in [0.15, 0.2) is 0 Å². The quantitative estimate of drug-likeness (QED) is 0.707. The number of H-pyrrole nitrogens is 1. The van der Waals surface area contributed by atoms with Crippen molar-refractivity contribution >= 4 is 22.8 Å². The van der Waals surface area contributed by atoms with Gasteiger partial charge in [-0.3, -0.25) is 9.59 Å². The average Bonchev–Trinajstić information content (AvgIpc) is 3.19. The van der Waals surface area contributed by atoms with Crippen molar-refractivity contribution in [3.05, 3.63) is 29.8 Å². The molecule has 0 bridgehead atoms. The molecule has 1 aromatic heterocycles. The second-order valence-electron chi connectivity index (χ2n) is 8.76.